The topological polar surface area (TPSA) is 12.9 Å². The Kier molecular flexibility index (Phi) is 2.77. The molecule has 0 unspecified atom stereocenters. The molecule has 0 bridgehead atoms. The number of hydrogen-bond acceptors (Lipinski definition) is 1. The molecule has 1 aliphatic rings. The van der Waals surface area contributed by atoms with E-state index in [1.807, 2.05) is 13.0 Å². The van der Waals surface area contributed by atoms with Crippen LogP contribution < -0.4 is 0 Å². The molecule has 1 aromatic heterocycles. The zero-order valence-corrected chi connectivity index (χ0v) is 10.6. The van der Waals surface area contributed by atoms with Gasteiger partial charge in [0.15, 0.2) is 0 Å². The average molecular weight is 265 g/mol. The van der Waals surface area contributed by atoms with Crippen molar-refractivity contribution >= 4 is 10.9 Å². The zero-order valence-electron chi connectivity index (χ0n) is 10.6. The fourth-order valence-corrected chi connectivity index (χ4v) is 2.34. The number of alkyl halides is 3. The molecule has 1 nitrogen and oxygen atoms in total. The van der Waals surface area contributed by atoms with E-state index in [1.165, 1.54) is 6.07 Å². The molecule has 0 radical (unpaired) electrons. The Labute approximate surface area is 109 Å². The van der Waals surface area contributed by atoms with E-state index in [2.05, 4.69) is 4.98 Å². The lowest BCUT2D eigenvalue weighted by molar-refractivity contribution is -0.136. The number of hydrogen-bond donors (Lipinski definition) is 0. The van der Waals surface area contributed by atoms with E-state index in [-0.39, 0.29) is 11.3 Å². The van der Waals surface area contributed by atoms with Gasteiger partial charge in [0.25, 0.3) is 0 Å². The number of fused-ring (bicyclic) bond motifs is 1. The van der Waals surface area contributed by atoms with Crippen LogP contribution in [0.2, 0.25) is 0 Å². The van der Waals surface area contributed by atoms with Crippen molar-refractivity contribution in [3.63, 3.8) is 0 Å². The summed E-state index contributed by atoms with van der Waals surface area (Å²) in [6, 6.07) is 6.41. The molecule has 4 heteroatoms. The normalized spacial score (nSPS) is 16.0. The summed E-state index contributed by atoms with van der Waals surface area (Å²) in [6.07, 6.45) is -1.71. The highest BCUT2D eigenvalue weighted by Gasteiger charge is 2.35. The van der Waals surface area contributed by atoms with Gasteiger partial charge in [-0.15, -0.1) is 0 Å². The third kappa shape index (κ3) is 2.31. The summed E-state index contributed by atoms with van der Waals surface area (Å²) in [5.41, 5.74) is 1.40. The van der Waals surface area contributed by atoms with Gasteiger partial charge in [0.1, 0.15) is 0 Å². The Morgan fingerprint density at radius 2 is 1.95 bits per heavy atom. The van der Waals surface area contributed by atoms with Crippen molar-refractivity contribution in [2.45, 2.75) is 38.3 Å². The molecule has 100 valence electrons. The summed E-state index contributed by atoms with van der Waals surface area (Å²) in [4.78, 5) is 4.39. The molecule has 1 aliphatic carbocycles. The summed E-state index contributed by atoms with van der Waals surface area (Å²) < 4.78 is 39.6. The van der Waals surface area contributed by atoms with E-state index in [4.69, 9.17) is 0 Å². The number of pyridine rings is 1. The fraction of sp³-hybridized carbons (Fsp3) is 0.400. The molecule has 1 aromatic carbocycles. The van der Waals surface area contributed by atoms with Gasteiger partial charge in [-0.1, -0.05) is 13.0 Å². The van der Waals surface area contributed by atoms with Gasteiger partial charge in [-0.2, -0.15) is 13.2 Å². The van der Waals surface area contributed by atoms with Crippen LogP contribution in [0.5, 0.6) is 0 Å². The van der Waals surface area contributed by atoms with Crippen LogP contribution in [0.4, 0.5) is 13.2 Å². The Morgan fingerprint density at radius 3 is 2.53 bits per heavy atom. The molecule has 0 aliphatic heterocycles. The van der Waals surface area contributed by atoms with Crippen molar-refractivity contribution < 1.29 is 13.2 Å². The number of aromatic nitrogens is 1. The predicted octanol–water partition coefficient (Wildman–Crippen LogP) is 4.69. The van der Waals surface area contributed by atoms with Gasteiger partial charge in [-0.25, -0.2) is 0 Å². The standard InChI is InChI=1S/C15H14F3N/c1-2-9-3-6-13-11(7-9)12(15(16,17)18)8-14(19-13)10-4-5-10/h3,6-8,10H,2,4-5H2,1H3. The molecule has 1 fully saturated rings. The highest BCUT2D eigenvalue weighted by molar-refractivity contribution is 5.84. The van der Waals surface area contributed by atoms with Crippen LogP contribution >= 0.6 is 0 Å². The molecule has 0 spiro atoms. The molecular weight excluding hydrogens is 251 g/mol. The van der Waals surface area contributed by atoms with E-state index < -0.39 is 11.7 Å². The molecule has 0 amide bonds. The number of nitrogens with zero attached hydrogens (tertiary/aromatic N) is 1. The van der Waals surface area contributed by atoms with Gasteiger partial charge in [0, 0.05) is 17.0 Å². The van der Waals surface area contributed by atoms with Crippen molar-refractivity contribution in [3.05, 3.63) is 41.1 Å². The van der Waals surface area contributed by atoms with Gasteiger partial charge in [-0.05, 0) is 43.0 Å². The molecule has 0 saturated heterocycles. The maximum absolute atomic E-state index is 13.2. The fourth-order valence-electron chi connectivity index (χ4n) is 2.34. The molecule has 0 atom stereocenters. The van der Waals surface area contributed by atoms with Crippen LogP contribution in [0, 0.1) is 0 Å². The predicted molar refractivity (Wildman–Crippen MR) is 68.1 cm³/mol. The van der Waals surface area contributed by atoms with Crippen molar-refractivity contribution in [1.82, 2.24) is 4.98 Å². The zero-order chi connectivity index (χ0) is 13.6. The van der Waals surface area contributed by atoms with E-state index in [1.54, 1.807) is 12.1 Å². The lowest BCUT2D eigenvalue weighted by Crippen LogP contribution is -2.08. The van der Waals surface area contributed by atoms with Crippen LogP contribution in [0.1, 0.15) is 42.5 Å². The molecule has 19 heavy (non-hydrogen) atoms. The minimum atomic E-state index is -4.32. The Bertz CT molecular complexity index is 627. The van der Waals surface area contributed by atoms with Crippen molar-refractivity contribution in [2.24, 2.45) is 0 Å². The Balaban J connectivity index is 2.27. The van der Waals surface area contributed by atoms with Crippen LogP contribution in [-0.2, 0) is 12.6 Å². The summed E-state index contributed by atoms with van der Waals surface area (Å²) >= 11 is 0. The lowest BCUT2D eigenvalue weighted by Gasteiger charge is -2.13. The molecular formula is C15H14F3N. The van der Waals surface area contributed by atoms with Crippen LogP contribution in [0.3, 0.4) is 0 Å². The van der Waals surface area contributed by atoms with E-state index in [0.29, 0.717) is 11.2 Å². The summed E-state index contributed by atoms with van der Waals surface area (Å²) in [6.45, 7) is 1.93. The highest BCUT2D eigenvalue weighted by Crippen LogP contribution is 2.43. The lowest BCUT2D eigenvalue weighted by atomic mass is 10.0. The first kappa shape index (κ1) is 12.5. The maximum atomic E-state index is 13.2. The highest BCUT2D eigenvalue weighted by atomic mass is 19.4. The second-order valence-electron chi connectivity index (χ2n) is 5.07. The first-order chi connectivity index (χ1) is 8.99. The first-order valence-electron chi connectivity index (χ1n) is 6.50. The van der Waals surface area contributed by atoms with Crippen LogP contribution in [0.25, 0.3) is 10.9 Å². The maximum Gasteiger partial charge on any atom is 0.417 e. The van der Waals surface area contributed by atoms with Gasteiger partial charge < -0.3 is 0 Å². The van der Waals surface area contributed by atoms with Crippen LogP contribution in [-0.4, -0.2) is 4.98 Å². The molecule has 2 aromatic rings. The largest absolute Gasteiger partial charge is 0.417 e. The molecule has 1 heterocycles. The van der Waals surface area contributed by atoms with E-state index in [0.717, 1.165) is 24.8 Å². The van der Waals surface area contributed by atoms with Crippen molar-refractivity contribution in [2.75, 3.05) is 0 Å². The third-order valence-corrected chi connectivity index (χ3v) is 3.60. The number of rotatable bonds is 2. The summed E-state index contributed by atoms with van der Waals surface area (Å²) in [7, 11) is 0. The Morgan fingerprint density at radius 1 is 1.21 bits per heavy atom. The second kappa shape index (κ2) is 4.22. The minimum Gasteiger partial charge on any atom is -0.253 e. The van der Waals surface area contributed by atoms with Gasteiger partial charge in [-0.3, -0.25) is 4.98 Å². The van der Waals surface area contributed by atoms with Crippen molar-refractivity contribution in [1.29, 1.82) is 0 Å². The smallest absolute Gasteiger partial charge is 0.253 e. The first-order valence-corrected chi connectivity index (χ1v) is 6.50. The monoisotopic (exact) mass is 265 g/mol. The van der Waals surface area contributed by atoms with Crippen LogP contribution in [0.15, 0.2) is 24.3 Å². The average Bonchev–Trinajstić information content (AvgIpc) is 3.19. The van der Waals surface area contributed by atoms with Crippen molar-refractivity contribution in [3.8, 4) is 0 Å². The molecule has 0 N–H and O–H groups in total. The summed E-state index contributed by atoms with van der Waals surface area (Å²) in [5, 5.41) is 0.219. The van der Waals surface area contributed by atoms with Gasteiger partial charge in [0.05, 0.1) is 11.1 Å². The van der Waals surface area contributed by atoms with Gasteiger partial charge in [0.2, 0.25) is 0 Å². The number of halogens is 3. The SMILES string of the molecule is CCc1ccc2nc(C3CC3)cc(C(F)(F)F)c2c1. The number of benzene rings is 1. The Hall–Kier alpha value is -1.58. The minimum absolute atomic E-state index is 0.219. The molecule has 1 saturated carbocycles. The summed E-state index contributed by atoms with van der Waals surface area (Å²) in [5.74, 6) is 0.219. The quantitative estimate of drug-likeness (QED) is 0.767. The number of aryl methyl sites for hydroxylation is 1. The second-order valence-corrected chi connectivity index (χ2v) is 5.07. The molecule has 3 rings (SSSR count). The van der Waals surface area contributed by atoms with Gasteiger partial charge >= 0.3 is 6.18 Å². The van der Waals surface area contributed by atoms with E-state index in [9.17, 15) is 13.2 Å². The van der Waals surface area contributed by atoms with E-state index >= 15 is 0 Å². The third-order valence-electron chi connectivity index (χ3n) is 3.60.